The number of methoxy groups -OCH3 is 1. The lowest BCUT2D eigenvalue weighted by Gasteiger charge is -2.11. The molecule has 0 saturated carbocycles. The minimum absolute atomic E-state index is 0.129. The summed E-state index contributed by atoms with van der Waals surface area (Å²) in [6.45, 7) is 1.70. The molecule has 3 aromatic rings. The predicted molar refractivity (Wildman–Crippen MR) is 120 cm³/mol. The van der Waals surface area contributed by atoms with E-state index in [0.29, 0.717) is 5.75 Å². The second-order valence-electron chi connectivity index (χ2n) is 6.27. The van der Waals surface area contributed by atoms with E-state index in [2.05, 4.69) is 31.8 Å². The number of hydrazine groups is 1. The largest absolute Gasteiger partial charge is 0.497 e. The fourth-order valence-corrected chi connectivity index (χ4v) is 3.78. The van der Waals surface area contributed by atoms with E-state index in [1.54, 1.807) is 19.2 Å². The van der Waals surface area contributed by atoms with Crippen LogP contribution in [-0.2, 0) is 9.59 Å². The molecule has 1 aromatic heterocycles. The van der Waals surface area contributed by atoms with Gasteiger partial charge in [-0.2, -0.15) is 0 Å². The summed E-state index contributed by atoms with van der Waals surface area (Å²) in [5.41, 5.74) is 6.43. The molecule has 0 radical (unpaired) electrons. The Morgan fingerprint density at radius 2 is 1.73 bits per heavy atom. The third-order valence-corrected chi connectivity index (χ3v) is 5.57. The van der Waals surface area contributed by atoms with Gasteiger partial charge in [-0.15, -0.1) is 11.8 Å². The van der Waals surface area contributed by atoms with E-state index >= 15 is 0 Å². The number of benzene rings is 2. The van der Waals surface area contributed by atoms with E-state index in [9.17, 15) is 9.59 Å². The van der Waals surface area contributed by atoms with Crippen LogP contribution in [0, 0.1) is 6.92 Å². The van der Waals surface area contributed by atoms with Crippen LogP contribution in [0.1, 0.15) is 5.69 Å². The Morgan fingerprint density at radius 1 is 1.03 bits per heavy atom. The first kappa shape index (κ1) is 21.9. The summed E-state index contributed by atoms with van der Waals surface area (Å²) in [6.07, 6.45) is 0. The molecule has 2 amide bonds. The van der Waals surface area contributed by atoms with E-state index in [1.165, 1.54) is 11.8 Å². The zero-order chi connectivity index (χ0) is 21.5. The molecule has 9 heteroatoms. The average Bonchev–Trinajstić information content (AvgIpc) is 2.75. The molecule has 0 atom stereocenters. The molecule has 0 bridgehead atoms. The molecule has 0 unspecified atom stereocenters. The third kappa shape index (κ3) is 6.11. The molecule has 0 saturated heterocycles. The van der Waals surface area contributed by atoms with E-state index in [1.807, 2.05) is 43.3 Å². The van der Waals surface area contributed by atoms with Crippen LogP contribution in [0.15, 0.2) is 57.9 Å². The summed E-state index contributed by atoms with van der Waals surface area (Å²) in [6, 6.07) is 14.6. The highest BCUT2D eigenvalue weighted by atomic mass is 79.9. The summed E-state index contributed by atoms with van der Waals surface area (Å²) in [4.78, 5) is 29.4. The Morgan fingerprint density at radius 3 is 2.47 bits per heavy atom. The van der Waals surface area contributed by atoms with Crippen LogP contribution in [0.2, 0.25) is 0 Å². The number of ether oxygens (including phenoxy) is 2. The first-order valence-corrected chi connectivity index (χ1v) is 10.8. The molecule has 0 fully saturated rings. The number of hydrogen-bond donors (Lipinski definition) is 2. The van der Waals surface area contributed by atoms with E-state index < -0.39 is 5.91 Å². The van der Waals surface area contributed by atoms with Crippen LogP contribution >= 0.6 is 27.7 Å². The highest BCUT2D eigenvalue weighted by Crippen LogP contribution is 2.30. The summed E-state index contributed by atoms with van der Waals surface area (Å²) in [5.74, 6) is 0.626. The Labute approximate surface area is 186 Å². The van der Waals surface area contributed by atoms with Crippen LogP contribution in [0.5, 0.6) is 11.5 Å². The number of fused-ring (bicyclic) bond motifs is 1. The maximum atomic E-state index is 12.1. The Balaban J connectivity index is 1.50. The van der Waals surface area contributed by atoms with Crippen molar-refractivity contribution in [2.45, 2.75) is 11.8 Å². The number of nitrogens with zero attached hydrogens (tertiary/aromatic N) is 1. The number of carbonyl (C=O) groups excluding carboxylic acids is 2. The van der Waals surface area contributed by atoms with E-state index in [-0.39, 0.29) is 18.3 Å². The average molecular weight is 490 g/mol. The van der Waals surface area contributed by atoms with Gasteiger partial charge in [0, 0.05) is 20.4 Å². The summed E-state index contributed by atoms with van der Waals surface area (Å²) >= 11 is 4.69. The predicted octanol–water partition coefficient (Wildman–Crippen LogP) is 3.63. The molecule has 0 aliphatic rings. The Hall–Kier alpha value is -2.78. The number of amides is 2. The van der Waals surface area contributed by atoms with Gasteiger partial charge < -0.3 is 9.47 Å². The van der Waals surface area contributed by atoms with Gasteiger partial charge in [0.2, 0.25) is 5.91 Å². The number of aromatic nitrogens is 1. The number of rotatable bonds is 7. The van der Waals surface area contributed by atoms with Gasteiger partial charge >= 0.3 is 0 Å². The second kappa shape index (κ2) is 10.3. The van der Waals surface area contributed by atoms with Gasteiger partial charge in [0.15, 0.2) is 6.61 Å². The third-order valence-electron chi connectivity index (χ3n) is 3.99. The molecular formula is C21H20BrN3O4S. The Kier molecular flexibility index (Phi) is 7.53. The number of pyridine rings is 1. The normalized spacial score (nSPS) is 10.5. The molecule has 156 valence electrons. The number of halogens is 1. The van der Waals surface area contributed by atoms with Crippen LogP contribution < -0.4 is 20.3 Å². The fraction of sp³-hybridized carbons (Fsp3) is 0.190. The highest BCUT2D eigenvalue weighted by molar-refractivity contribution is 9.10. The van der Waals surface area contributed by atoms with Crippen molar-refractivity contribution < 1.29 is 19.1 Å². The number of nitrogens with one attached hydrogen (secondary N) is 2. The van der Waals surface area contributed by atoms with Crippen molar-refractivity contribution in [2.24, 2.45) is 0 Å². The topological polar surface area (TPSA) is 89.5 Å². The Bertz CT molecular complexity index is 1060. The molecule has 0 aliphatic carbocycles. The maximum absolute atomic E-state index is 12.1. The number of thioether (sulfide) groups is 1. The minimum Gasteiger partial charge on any atom is -0.497 e. The van der Waals surface area contributed by atoms with Gasteiger partial charge in [0.25, 0.3) is 5.91 Å². The molecule has 30 heavy (non-hydrogen) atoms. The lowest BCUT2D eigenvalue weighted by atomic mass is 10.2. The number of carbonyl (C=O) groups is 2. The van der Waals surface area contributed by atoms with Gasteiger partial charge in [0.05, 0.1) is 18.4 Å². The van der Waals surface area contributed by atoms with Crippen molar-refractivity contribution in [3.05, 3.63) is 58.7 Å². The van der Waals surface area contributed by atoms with Gasteiger partial charge in [-0.1, -0.05) is 15.9 Å². The lowest BCUT2D eigenvalue weighted by molar-refractivity contribution is -0.128. The molecule has 0 spiro atoms. The SMILES string of the molecule is COc1ccc2nc(C)cc(SCC(=O)NNC(=O)COc3ccc(Br)cc3)c2c1. The molecule has 2 N–H and O–H groups in total. The monoisotopic (exact) mass is 489 g/mol. The minimum atomic E-state index is -0.453. The molecule has 1 heterocycles. The van der Waals surface area contributed by atoms with Gasteiger partial charge in [-0.3, -0.25) is 25.4 Å². The first-order valence-electron chi connectivity index (χ1n) is 8.99. The highest BCUT2D eigenvalue weighted by Gasteiger charge is 2.10. The van der Waals surface area contributed by atoms with Crippen molar-refractivity contribution in [3.8, 4) is 11.5 Å². The summed E-state index contributed by atoms with van der Waals surface area (Å²) < 4.78 is 11.6. The lowest BCUT2D eigenvalue weighted by Crippen LogP contribution is -2.44. The smallest absolute Gasteiger partial charge is 0.276 e. The van der Waals surface area contributed by atoms with Crippen LogP contribution in [-0.4, -0.2) is 36.3 Å². The van der Waals surface area contributed by atoms with Crippen molar-refractivity contribution in [1.82, 2.24) is 15.8 Å². The first-order chi connectivity index (χ1) is 14.4. The number of aryl methyl sites for hydroxylation is 1. The molecule has 3 rings (SSSR count). The zero-order valence-corrected chi connectivity index (χ0v) is 18.8. The van der Waals surface area contributed by atoms with E-state index in [0.717, 1.165) is 31.7 Å². The zero-order valence-electron chi connectivity index (χ0n) is 16.4. The van der Waals surface area contributed by atoms with Crippen LogP contribution in [0.25, 0.3) is 10.9 Å². The van der Waals surface area contributed by atoms with Crippen LogP contribution in [0.4, 0.5) is 0 Å². The quantitative estimate of drug-likeness (QED) is 0.389. The standard InChI is InChI=1S/C21H20BrN3O4S/c1-13-9-19(17-10-16(28-2)7-8-18(17)23-13)30-12-21(27)25-24-20(26)11-29-15-5-3-14(22)4-6-15/h3-10H,11-12H2,1-2H3,(H,24,26)(H,25,27). The van der Waals surface area contributed by atoms with Crippen molar-refractivity contribution in [3.63, 3.8) is 0 Å². The second-order valence-corrected chi connectivity index (χ2v) is 8.21. The molecule has 0 aliphatic heterocycles. The van der Waals surface area contributed by atoms with Crippen molar-refractivity contribution in [1.29, 1.82) is 0 Å². The van der Waals surface area contributed by atoms with Gasteiger partial charge in [-0.25, -0.2) is 0 Å². The van der Waals surface area contributed by atoms with Crippen LogP contribution in [0.3, 0.4) is 0 Å². The summed E-state index contributed by atoms with van der Waals surface area (Å²) in [7, 11) is 1.60. The molecular weight excluding hydrogens is 470 g/mol. The van der Waals surface area contributed by atoms with Crippen molar-refractivity contribution >= 4 is 50.4 Å². The fourth-order valence-electron chi connectivity index (χ4n) is 2.58. The number of hydrogen-bond acceptors (Lipinski definition) is 6. The van der Waals surface area contributed by atoms with Gasteiger partial charge in [0.1, 0.15) is 11.5 Å². The van der Waals surface area contributed by atoms with Gasteiger partial charge in [-0.05, 0) is 55.5 Å². The molecule has 7 nitrogen and oxygen atoms in total. The van der Waals surface area contributed by atoms with Crippen molar-refractivity contribution in [2.75, 3.05) is 19.5 Å². The summed E-state index contributed by atoms with van der Waals surface area (Å²) in [5, 5.41) is 0.907. The molecule has 2 aromatic carbocycles. The maximum Gasteiger partial charge on any atom is 0.276 e. The van der Waals surface area contributed by atoms with E-state index in [4.69, 9.17) is 9.47 Å².